The van der Waals surface area contributed by atoms with Gasteiger partial charge >= 0.3 is 0 Å². The van der Waals surface area contributed by atoms with Gasteiger partial charge in [-0.05, 0) is 49.4 Å². The van der Waals surface area contributed by atoms with Crippen molar-refractivity contribution < 1.29 is 4.74 Å². The molecule has 0 saturated heterocycles. The lowest BCUT2D eigenvalue weighted by Crippen LogP contribution is -2.18. The molecule has 90 valence electrons. The molecule has 0 radical (unpaired) electrons. The molecule has 0 heterocycles. The second-order valence-corrected chi connectivity index (χ2v) is 4.93. The summed E-state index contributed by atoms with van der Waals surface area (Å²) < 4.78 is 6.43. The Hall–Kier alpha value is -0.540. The molecule has 0 fully saturated rings. The van der Waals surface area contributed by atoms with Crippen molar-refractivity contribution in [3.63, 3.8) is 0 Å². The molecule has 0 aliphatic rings. The molecule has 1 aromatic carbocycles. The number of rotatable bonds is 6. The molecule has 0 aliphatic heterocycles. The summed E-state index contributed by atoms with van der Waals surface area (Å²) in [7, 11) is 1.71. The molecule has 0 bridgehead atoms. The average molecular weight is 286 g/mol. The molecule has 1 atom stereocenters. The van der Waals surface area contributed by atoms with Crippen molar-refractivity contribution in [2.75, 3.05) is 7.11 Å². The van der Waals surface area contributed by atoms with Gasteiger partial charge in [-0.15, -0.1) is 0 Å². The van der Waals surface area contributed by atoms with Crippen LogP contribution < -0.4 is 10.5 Å². The van der Waals surface area contributed by atoms with Crippen molar-refractivity contribution >= 4 is 15.9 Å². The summed E-state index contributed by atoms with van der Waals surface area (Å²) >= 11 is 3.48. The van der Waals surface area contributed by atoms with Gasteiger partial charge in [0.25, 0.3) is 0 Å². The first kappa shape index (κ1) is 13.5. The number of aryl methyl sites for hydroxylation is 1. The van der Waals surface area contributed by atoms with Crippen LogP contribution in [0.15, 0.2) is 22.7 Å². The maximum absolute atomic E-state index is 5.90. The number of hydrogen-bond acceptors (Lipinski definition) is 2. The summed E-state index contributed by atoms with van der Waals surface area (Å²) in [4.78, 5) is 0. The number of ether oxygens (including phenoxy) is 1. The monoisotopic (exact) mass is 285 g/mol. The maximum atomic E-state index is 5.90. The highest BCUT2D eigenvalue weighted by Crippen LogP contribution is 2.24. The third-order valence-electron chi connectivity index (χ3n) is 2.79. The van der Waals surface area contributed by atoms with Gasteiger partial charge in [0, 0.05) is 10.5 Å². The van der Waals surface area contributed by atoms with Crippen LogP contribution in [0, 0.1) is 0 Å². The van der Waals surface area contributed by atoms with Gasteiger partial charge in [-0.2, -0.15) is 0 Å². The zero-order valence-electron chi connectivity index (χ0n) is 10.0. The van der Waals surface area contributed by atoms with Crippen LogP contribution in [0.4, 0.5) is 0 Å². The van der Waals surface area contributed by atoms with E-state index in [1.54, 1.807) is 7.11 Å². The van der Waals surface area contributed by atoms with Crippen molar-refractivity contribution in [3.05, 3.63) is 28.2 Å². The standard InChI is InChI=1S/C13H20BrNO/c1-3-12(15)6-4-5-10-9-11(14)7-8-13(10)16-2/h7-9,12H,3-6,15H2,1-2H3. The molecule has 3 heteroatoms. The fourth-order valence-electron chi connectivity index (χ4n) is 1.70. The smallest absolute Gasteiger partial charge is 0.122 e. The number of nitrogens with two attached hydrogens (primary N) is 1. The summed E-state index contributed by atoms with van der Waals surface area (Å²) in [5, 5.41) is 0. The molecule has 1 aromatic rings. The van der Waals surface area contributed by atoms with E-state index in [0.29, 0.717) is 6.04 Å². The molecule has 1 rings (SSSR count). The molecule has 16 heavy (non-hydrogen) atoms. The summed E-state index contributed by atoms with van der Waals surface area (Å²) in [5.41, 5.74) is 7.15. The van der Waals surface area contributed by atoms with Gasteiger partial charge in [0.05, 0.1) is 7.11 Å². The lowest BCUT2D eigenvalue weighted by Gasteiger charge is -2.11. The lowest BCUT2D eigenvalue weighted by atomic mass is 10.0. The SMILES string of the molecule is CCC(N)CCCc1cc(Br)ccc1OC. The first-order chi connectivity index (χ1) is 7.67. The van der Waals surface area contributed by atoms with Gasteiger partial charge in [-0.25, -0.2) is 0 Å². The Morgan fingerprint density at radius 3 is 2.81 bits per heavy atom. The van der Waals surface area contributed by atoms with E-state index in [-0.39, 0.29) is 0 Å². The fourth-order valence-corrected chi connectivity index (χ4v) is 2.11. The van der Waals surface area contributed by atoms with Crippen molar-refractivity contribution in [2.24, 2.45) is 5.73 Å². The van der Waals surface area contributed by atoms with E-state index < -0.39 is 0 Å². The zero-order valence-corrected chi connectivity index (χ0v) is 11.6. The molecule has 2 N–H and O–H groups in total. The topological polar surface area (TPSA) is 35.2 Å². The third-order valence-corrected chi connectivity index (χ3v) is 3.28. The summed E-state index contributed by atoms with van der Waals surface area (Å²) in [6.45, 7) is 2.13. The Kier molecular flexibility index (Phi) is 5.85. The third kappa shape index (κ3) is 4.14. The van der Waals surface area contributed by atoms with Gasteiger partial charge in [0.1, 0.15) is 5.75 Å². The van der Waals surface area contributed by atoms with E-state index in [1.807, 2.05) is 12.1 Å². The minimum atomic E-state index is 0.332. The Morgan fingerprint density at radius 2 is 2.19 bits per heavy atom. The molecule has 0 aliphatic carbocycles. The molecular formula is C13H20BrNO. The van der Waals surface area contributed by atoms with Gasteiger partial charge in [-0.3, -0.25) is 0 Å². The average Bonchev–Trinajstić information content (AvgIpc) is 2.29. The molecule has 0 amide bonds. The molecule has 0 aromatic heterocycles. The van der Waals surface area contributed by atoms with Crippen LogP contribution in [0.3, 0.4) is 0 Å². The number of hydrogen-bond donors (Lipinski definition) is 1. The Labute approximate surface area is 106 Å². The van der Waals surface area contributed by atoms with Gasteiger partial charge in [0.2, 0.25) is 0 Å². The van der Waals surface area contributed by atoms with E-state index in [1.165, 1.54) is 5.56 Å². The number of halogens is 1. The Morgan fingerprint density at radius 1 is 1.44 bits per heavy atom. The number of methoxy groups -OCH3 is 1. The highest BCUT2D eigenvalue weighted by Gasteiger charge is 2.05. The van der Waals surface area contributed by atoms with Crippen LogP contribution in [0.25, 0.3) is 0 Å². The fraction of sp³-hybridized carbons (Fsp3) is 0.538. The van der Waals surface area contributed by atoms with Crippen LogP contribution in [-0.4, -0.2) is 13.2 Å². The van der Waals surface area contributed by atoms with E-state index in [2.05, 4.69) is 28.9 Å². The molecule has 0 saturated carbocycles. The van der Waals surface area contributed by atoms with Gasteiger partial charge in [-0.1, -0.05) is 22.9 Å². The van der Waals surface area contributed by atoms with Crippen LogP contribution in [-0.2, 0) is 6.42 Å². The summed E-state index contributed by atoms with van der Waals surface area (Å²) in [6.07, 6.45) is 4.26. The minimum absolute atomic E-state index is 0.332. The van der Waals surface area contributed by atoms with Gasteiger partial charge in [0.15, 0.2) is 0 Å². The second-order valence-electron chi connectivity index (χ2n) is 4.02. The van der Waals surface area contributed by atoms with Crippen molar-refractivity contribution in [3.8, 4) is 5.75 Å². The van der Waals surface area contributed by atoms with E-state index in [4.69, 9.17) is 10.5 Å². The Balaban J connectivity index is 2.55. The first-order valence-electron chi connectivity index (χ1n) is 5.75. The quantitative estimate of drug-likeness (QED) is 0.868. The van der Waals surface area contributed by atoms with Crippen molar-refractivity contribution in [1.29, 1.82) is 0 Å². The molecule has 2 nitrogen and oxygen atoms in total. The van der Waals surface area contributed by atoms with Crippen molar-refractivity contribution in [1.82, 2.24) is 0 Å². The van der Waals surface area contributed by atoms with Crippen LogP contribution >= 0.6 is 15.9 Å². The predicted octanol–water partition coefficient (Wildman–Crippen LogP) is 3.52. The Bertz CT molecular complexity index is 328. The highest BCUT2D eigenvalue weighted by molar-refractivity contribution is 9.10. The van der Waals surface area contributed by atoms with E-state index >= 15 is 0 Å². The summed E-state index contributed by atoms with van der Waals surface area (Å²) in [6, 6.07) is 6.45. The second kappa shape index (κ2) is 6.92. The van der Waals surface area contributed by atoms with Crippen molar-refractivity contribution in [2.45, 2.75) is 38.6 Å². The van der Waals surface area contributed by atoms with Gasteiger partial charge < -0.3 is 10.5 Å². The van der Waals surface area contributed by atoms with Crippen LogP contribution in [0.5, 0.6) is 5.75 Å². The number of benzene rings is 1. The minimum Gasteiger partial charge on any atom is -0.496 e. The van der Waals surface area contributed by atoms with E-state index in [0.717, 1.165) is 35.9 Å². The summed E-state index contributed by atoms with van der Waals surface area (Å²) in [5.74, 6) is 0.966. The molecule has 1 unspecified atom stereocenters. The lowest BCUT2D eigenvalue weighted by molar-refractivity contribution is 0.408. The highest BCUT2D eigenvalue weighted by atomic mass is 79.9. The molecular weight excluding hydrogens is 266 g/mol. The molecule has 0 spiro atoms. The van der Waals surface area contributed by atoms with Crippen LogP contribution in [0.2, 0.25) is 0 Å². The van der Waals surface area contributed by atoms with Crippen LogP contribution in [0.1, 0.15) is 31.7 Å². The first-order valence-corrected chi connectivity index (χ1v) is 6.54. The predicted molar refractivity (Wildman–Crippen MR) is 71.9 cm³/mol. The maximum Gasteiger partial charge on any atom is 0.122 e. The van der Waals surface area contributed by atoms with E-state index in [9.17, 15) is 0 Å². The largest absolute Gasteiger partial charge is 0.496 e. The zero-order chi connectivity index (χ0) is 12.0. The normalized spacial score (nSPS) is 12.5.